The zero-order chi connectivity index (χ0) is 18.3. The van der Waals surface area contributed by atoms with Gasteiger partial charge in [0.05, 0.1) is 5.54 Å². The molecular formula is C20H28FN3O2. The summed E-state index contributed by atoms with van der Waals surface area (Å²) in [5, 5.41) is 0. The van der Waals surface area contributed by atoms with Crippen LogP contribution >= 0.6 is 0 Å². The smallest absolute Gasteiger partial charge is 0.410 e. The molecule has 0 aliphatic carbocycles. The van der Waals surface area contributed by atoms with E-state index in [1.165, 1.54) is 0 Å². The van der Waals surface area contributed by atoms with Crippen molar-refractivity contribution in [3.05, 3.63) is 29.6 Å². The molecule has 0 radical (unpaired) electrons. The van der Waals surface area contributed by atoms with Crippen molar-refractivity contribution < 1.29 is 13.9 Å². The molecule has 3 heterocycles. The summed E-state index contributed by atoms with van der Waals surface area (Å²) >= 11 is 0. The minimum absolute atomic E-state index is 0.139. The summed E-state index contributed by atoms with van der Waals surface area (Å²) in [7, 11) is 0. The maximum absolute atomic E-state index is 13.4. The highest BCUT2D eigenvalue weighted by molar-refractivity contribution is 5.71. The first kappa shape index (κ1) is 17.6. The number of amides is 1. The Morgan fingerprint density at radius 2 is 2.00 bits per heavy atom. The molecule has 3 saturated heterocycles. The van der Waals surface area contributed by atoms with Crippen LogP contribution in [0.5, 0.6) is 0 Å². The second kappa shape index (κ2) is 6.72. The van der Waals surface area contributed by atoms with Crippen molar-refractivity contribution in [2.24, 2.45) is 0 Å². The van der Waals surface area contributed by atoms with Crippen molar-refractivity contribution in [1.29, 1.82) is 0 Å². The number of carbonyl (C=O) groups is 1. The van der Waals surface area contributed by atoms with Gasteiger partial charge in [0, 0.05) is 44.5 Å². The number of anilines is 1. The molecule has 0 bridgehead atoms. The molecule has 5 nitrogen and oxygen atoms in total. The number of ether oxygens (including phenoxy) is 1. The lowest BCUT2D eigenvalue weighted by Crippen LogP contribution is -2.63. The zero-order valence-corrected chi connectivity index (χ0v) is 15.7. The SMILES string of the molecule is CCC12COC(=O)N1CCN(C1CCN(c3ccc(F)cc3C)CC1)C2. The van der Waals surface area contributed by atoms with E-state index in [1.807, 2.05) is 17.9 Å². The standard InChI is InChI=1S/C20H28FN3O2/c1-3-20-13-23(10-11-24(20)19(25)26-14-20)17-6-8-22(9-7-17)18-5-4-16(21)12-15(18)2/h4-5,12,17H,3,6-11,13-14H2,1-2H3. The van der Waals surface area contributed by atoms with E-state index in [4.69, 9.17) is 4.74 Å². The molecule has 26 heavy (non-hydrogen) atoms. The monoisotopic (exact) mass is 361 g/mol. The summed E-state index contributed by atoms with van der Waals surface area (Å²) in [5.74, 6) is -0.169. The molecule has 3 fully saturated rings. The fourth-order valence-corrected chi connectivity index (χ4v) is 4.85. The molecule has 0 spiro atoms. The number of cyclic esters (lactones) is 1. The van der Waals surface area contributed by atoms with E-state index in [9.17, 15) is 9.18 Å². The predicted octanol–water partition coefficient (Wildman–Crippen LogP) is 3.02. The van der Waals surface area contributed by atoms with Gasteiger partial charge in [0.15, 0.2) is 0 Å². The van der Waals surface area contributed by atoms with E-state index in [0.29, 0.717) is 12.6 Å². The molecule has 1 aromatic rings. The van der Waals surface area contributed by atoms with Crippen LogP contribution in [-0.4, -0.2) is 66.8 Å². The number of rotatable bonds is 3. The fraction of sp³-hybridized carbons (Fsp3) is 0.650. The summed E-state index contributed by atoms with van der Waals surface area (Å²) in [6, 6.07) is 5.61. The summed E-state index contributed by atoms with van der Waals surface area (Å²) in [6.07, 6.45) is 2.99. The van der Waals surface area contributed by atoms with Gasteiger partial charge in [0.2, 0.25) is 0 Å². The minimum Gasteiger partial charge on any atom is -0.447 e. The van der Waals surface area contributed by atoms with Gasteiger partial charge in [-0.25, -0.2) is 9.18 Å². The maximum Gasteiger partial charge on any atom is 0.410 e. The van der Waals surface area contributed by atoms with E-state index in [-0.39, 0.29) is 17.4 Å². The third kappa shape index (κ3) is 2.94. The molecule has 1 amide bonds. The fourth-order valence-electron chi connectivity index (χ4n) is 4.85. The minimum atomic E-state index is -0.169. The van der Waals surface area contributed by atoms with Crippen LogP contribution in [-0.2, 0) is 4.74 Å². The number of carbonyl (C=O) groups excluding carboxylic acids is 1. The van der Waals surface area contributed by atoms with Crippen LogP contribution in [0, 0.1) is 12.7 Å². The van der Waals surface area contributed by atoms with E-state index in [2.05, 4.69) is 16.7 Å². The van der Waals surface area contributed by atoms with Gasteiger partial charge in [0.1, 0.15) is 12.4 Å². The van der Waals surface area contributed by atoms with Gasteiger partial charge in [-0.05, 0) is 49.9 Å². The quantitative estimate of drug-likeness (QED) is 0.829. The van der Waals surface area contributed by atoms with Gasteiger partial charge >= 0.3 is 6.09 Å². The number of fused-ring (bicyclic) bond motifs is 1. The predicted molar refractivity (Wildman–Crippen MR) is 99.0 cm³/mol. The Hall–Kier alpha value is -1.82. The van der Waals surface area contributed by atoms with Crippen LogP contribution in [0.3, 0.4) is 0 Å². The zero-order valence-electron chi connectivity index (χ0n) is 15.7. The summed E-state index contributed by atoms with van der Waals surface area (Å²) < 4.78 is 18.7. The lowest BCUT2D eigenvalue weighted by atomic mass is 9.90. The molecule has 1 aromatic carbocycles. The molecule has 6 heteroatoms. The molecule has 142 valence electrons. The van der Waals surface area contributed by atoms with Crippen LogP contribution < -0.4 is 4.90 Å². The first-order valence-electron chi connectivity index (χ1n) is 9.72. The molecule has 0 aromatic heterocycles. The number of hydrogen-bond donors (Lipinski definition) is 0. The van der Waals surface area contributed by atoms with Crippen LogP contribution in [0.15, 0.2) is 18.2 Å². The Kier molecular flexibility index (Phi) is 4.55. The van der Waals surface area contributed by atoms with E-state index < -0.39 is 0 Å². The Morgan fingerprint density at radius 1 is 1.23 bits per heavy atom. The van der Waals surface area contributed by atoms with Crippen molar-refractivity contribution in [2.75, 3.05) is 44.2 Å². The molecule has 4 rings (SSSR count). The normalized spacial score (nSPS) is 27.6. The van der Waals surface area contributed by atoms with E-state index >= 15 is 0 Å². The topological polar surface area (TPSA) is 36.0 Å². The van der Waals surface area contributed by atoms with Gasteiger partial charge < -0.3 is 9.64 Å². The Labute approximate surface area is 154 Å². The molecular weight excluding hydrogens is 333 g/mol. The Bertz CT molecular complexity index is 690. The van der Waals surface area contributed by atoms with Crippen LogP contribution in [0.25, 0.3) is 0 Å². The van der Waals surface area contributed by atoms with Crippen molar-refractivity contribution in [3.63, 3.8) is 0 Å². The first-order valence-corrected chi connectivity index (χ1v) is 9.72. The van der Waals surface area contributed by atoms with Crippen molar-refractivity contribution in [2.45, 2.75) is 44.7 Å². The van der Waals surface area contributed by atoms with Gasteiger partial charge in [-0.2, -0.15) is 0 Å². The third-order valence-corrected chi connectivity index (χ3v) is 6.50. The summed E-state index contributed by atoms with van der Waals surface area (Å²) in [4.78, 5) is 18.8. The highest BCUT2D eigenvalue weighted by Gasteiger charge is 2.50. The maximum atomic E-state index is 13.4. The summed E-state index contributed by atoms with van der Waals surface area (Å²) in [6.45, 7) is 9.24. The lowest BCUT2D eigenvalue weighted by Gasteiger charge is -2.48. The average Bonchev–Trinajstić information content (AvgIpc) is 2.99. The highest BCUT2D eigenvalue weighted by Crippen LogP contribution is 2.34. The van der Waals surface area contributed by atoms with Crippen LogP contribution in [0.2, 0.25) is 0 Å². The lowest BCUT2D eigenvalue weighted by molar-refractivity contribution is 0.0191. The molecule has 3 aliphatic heterocycles. The number of piperazine rings is 1. The van der Waals surface area contributed by atoms with Crippen LogP contribution in [0.4, 0.5) is 14.9 Å². The van der Waals surface area contributed by atoms with Gasteiger partial charge in [-0.15, -0.1) is 0 Å². The molecule has 0 saturated carbocycles. The number of hydrogen-bond acceptors (Lipinski definition) is 4. The van der Waals surface area contributed by atoms with Gasteiger partial charge in [-0.3, -0.25) is 9.80 Å². The molecule has 3 aliphatic rings. The third-order valence-electron chi connectivity index (χ3n) is 6.50. The van der Waals surface area contributed by atoms with Crippen molar-refractivity contribution >= 4 is 11.8 Å². The molecule has 0 N–H and O–H groups in total. The highest BCUT2D eigenvalue weighted by atomic mass is 19.1. The van der Waals surface area contributed by atoms with E-state index in [1.54, 1.807) is 12.1 Å². The van der Waals surface area contributed by atoms with E-state index in [0.717, 1.165) is 63.2 Å². The van der Waals surface area contributed by atoms with Crippen molar-refractivity contribution in [1.82, 2.24) is 9.80 Å². The second-order valence-electron chi connectivity index (χ2n) is 7.90. The Morgan fingerprint density at radius 3 is 2.69 bits per heavy atom. The number of piperidine rings is 1. The number of nitrogens with zero attached hydrogens (tertiary/aromatic N) is 3. The average molecular weight is 361 g/mol. The number of halogens is 1. The van der Waals surface area contributed by atoms with Gasteiger partial charge in [-0.1, -0.05) is 6.92 Å². The number of benzene rings is 1. The molecule has 1 atom stereocenters. The van der Waals surface area contributed by atoms with Crippen LogP contribution in [0.1, 0.15) is 31.7 Å². The number of aryl methyl sites for hydroxylation is 1. The molecule has 1 unspecified atom stereocenters. The van der Waals surface area contributed by atoms with Gasteiger partial charge in [0.25, 0.3) is 0 Å². The second-order valence-corrected chi connectivity index (χ2v) is 7.90. The summed E-state index contributed by atoms with van der Waals surface area (Å²) in [5.41, 5.74) is 2.01. The first-order chi connectivity index (χ1) is 12.5. The van der Waals surface area contributed by atoms with Crippen molar-refractivity contribution in [3.8, 4) is 0 Å². The largest absolute Gasteiger partial charge is 0.447 e. The Balaban J connectivity index is 1.40.